The Labute approximate surface area is 262 Å². The number of cyclic esters (lactones) is 1. The van der Waals surface area contributed by atoms with E-state index in [1.807, 2.05) is 0 Å². The number of aliphatic hydroxyl groups is 1. The molecule has 2 aromatic rings. The predicted octanol–water partition coefficient (Wildman–Crippen LogP) is 1.07. The number of rotatable bonds is 7. The minimum atomic E-state index is -4.99. The van der Waals surface area contributed by atoms with E-state index in [1.54, 1.807) is 19.1 Å². The van der Waals surface area contributed by atoms with Crippen molar-refractivity contribution in [3.8, 4) is 28.7 Å². The van der Waals surface area contributed by atoms with E-state index in [9.17, 15) is 24.3 Å². The summed E-state index contributed by atoms with van der Waals surface area (Å²) in [6.07, 6.45) is -4.90. The molecule has 0 spiro atoms. The van der Waals surface area contributed by atoms with Crippen LogP contribution in [0.5, 0.6) is 28.7 Å². The fourth-order valence-electron chi connectivity index (χ4n) is 6.98. The first-order chi connectivity index (χ1) is 22.0. The summed E-state index contributed by atoms with van der Waals surface area (Å²) in [4.78, 5) is 32.5. The fourth-order valence-corrected chi connectivity index (χ4v) is 7.39. The van der Waals surface area contributed by atoms with Gasteiger partial charge in [0.15, 0.2) is 35.6 Å². The number of fused-ring (bicyclic) bond motifs is 4. The second kappa shape index (κ2) is 11.8. The first-order valence-corrected chi connectivity index (χ1v) is 16.1. The van der Waals surface area contributed by atoms with Gasteiger partial charge in [-0.3, -0.25) is 14.6 Å². The molecule has 9 unspecified atom stereocenters. The molecule has 0 saturated carbocycles. The Bertz CT molecular complexity index is 1540. The van der Waals surface area contributed by atoms with Crippen LogP contribution in [-0.2, 0) is 33.0 Å². The molecule has 3 fully saturated rings. The van der Waals surface area contributed by atoms with Crippen molar-refractivity contribution in [1.29, 1.82) is 0 Å². The first-order valence-electron chi connectivity index (χ1n) is 14.6. The zero-order valence-corrected chi connectivity index (χ0v) is 25.9. The van der Waals surface area contributed by atoms with Gasteiger partial charge < -0.3 is 58.0 Å². The molecule has 0 radical (unpaired) electrons. The topological polar surface area (TPSA) is 213 Å². The van der Waals surface area contributed by atoms with Gasteiger partial charge in [0.2, 0.25) is 12.5 Å². The summed E-state index contributed by atoms with van der Waals surface area (Å²) in [6.45, 7) is 1.88. The van der Waals surface area contributed by atoms with Crippen LogP contribution < -0.4 is 29.2 Å². The Kier molecular flexibility index (Phi) is 8.07. The van der Waals surface area contributed by atoms with Crippen molar-refractivity contribution in [2.45, 2.75) is 55.9 Å². The van der Waals surface area contributed by atoms with E-state index in [2.05, 4.69) is 0 Å². The second-order valence-electron chi connectivity index (χ2n) is 11.6. The molecular weight excluding hydrogens is 633 g/mol. The van der Waals surface area contributed by atoms with Gasteiger partial charge in [-0.15, -0.1) is 0 Å². The second-order valence-corrected chi connectivity index (χ2v) is 12.8. The van der Waals surface area contributed by atoms with Crippen LogP contribution in [0.3, 0.4) is 0 Å². The number of methoxy groups -OCH3 is 2. The van der Waals surface area contributed by atoms with Crippen molar-refractivity contribution in [3.05, 3.63) is 41.0 Å². The van der Waals surface area contributed by atoms with Crippen LogP contribution in [0.4, 0.5) is 0 Å². The third kappa shape index (κ3) is 5.37. The number of phosphoric ester groups is 1. The van der Waals surface area contributed by atoms with Crippen molar-refractivity contribution in [1.82, 2.24) is 0 Å². The zero-order chi connectivity index (χ0) is 32.5. The van der Waals surface area contributed by atoms with Gasteiger partial charge in [-0.1, -0.05) is 0 Å². The molecule has 46 heavy (non-hydrogen) atoms. The summed E-state index contributed by atoms with van der Waals surface area (Å²) in [6, 6.07) is 5.59. The lowest BCUT2D eigenvalue weighted by molar-refractivity contribution is -0.343. The zero-order valence-electron chi connectivity index (χ0n) is 25.0. The number of carbonyl (C=O) groups excluding carboxylic acids is 1. The summed E-state index contributed by atoms with van der Waals surface area (Å²) < 4.78 is 68.6. The van der Waals surface area contributed by atoms with E-state index in [0.717, 1.165) is 0 Å². The lowest BCUT2D eigenvalue weighted by Crippen LogP contribution is -2.65. The molecule has 5 N–H and O–H groups in total. The average Bonchev–Trinajstić information content (AvgIpc) is 3.64. The third-order valence-corrected chi connectivity index (χ3v) is 9.44. The Balaban J connectivity index is 1.32. The molecule has 10 atom stereocenters. The molecule has 17 heteroatoms. The predicted molar refractivity (Wildman–Crippen MR) is 151 cm³/mol. The molecule has 7 rings (SSSR count). The number of aliphatic hydroxyl groups excluding tert-OH is 1. The van der Waals surface area contributed by atoms with Gasteiger partial charge in [0, 0.05) is 11.8 Å². The minimum Gasteiger partial charge on any atom is -0.493 e. The number of carbonyl (C=O) groups is 1. The standard InChI is InChI=1S/C29H34NO15P/c1-11-38-9-20-27(42-11)24(31)23(30)29(43-20)44-25-14-7-17-16(40-10-41-17)6-13(14)21(22-15(25)8-39-28(22)32)12-4-18(36-2)26(19(5-12)37-3)45-46(33,34)35/h4-7,11,15,20-25,27,29,31H,8-10,30H2,1-3H3,(H2,33,34,35)/t11?,15?,20?,21?,22-,23?,24?,25?,27?,29?/m0/s1. The number of ether oxygens (including phenoxy) is 9. The molecule has 5 aliphatic rings. The number of hydrogen-bond donors (Lipinski definition) is 4. The quantitative estimate of drug-likeness (QED) is 0.240. The number of nitrogens with two attached hydrogens (primary N) is 1. The van der Waals surface area contributed by atoms with Gasteiger partial charge in [-0.2, -0.15) is 0 Å². The highest BCUT2D eigenvalue weighted by atomic mass is 31.2. The van der Waals surface area contributed by atoms with Crippen LogP contribution in [0.2, 0.25) is 0 Å². The van der Waals surface area contributed by atoms with Gasteiger partial charge in [0.25, 0.3) is 0 Å². The van der Waals surface area contributed by atoms with Gasteiger partial charge in [-0.25, -0.2) is 4.57 Å². The Morgan fingerprint density at radius 2 is 1.63 bits per heavy atom. The van der Waals surface area contributed by atoms with Gasteiger partial charge in [0.05, 0.1) is 45.5 Å². The molecule has 2 aromatic carbocycles. The maximum Gasteiger partial charge on any atom is 0.525 e. The Hall–Kier alpha value is -3.18. The maximum atomic E-state index is 13.5. The average molecular weight is 668 g/mol. The van der Waals surface area contributed by atoms with Crippen LogP contribution in [0.15, 0.2) is 24.3 Å². The summed E-state index contributed by atoms with van der Waals surface area (Å²) >= 11 is 0. The molecule has 250 valence electrons. The molecule has 0 aromatic heterocycles. The van der Waals surface area contributed by atoms with Crippen molar-refractivity contribution < 1.29 is 71.4 Å². The summed E-state index contributed by atoms with van der Waals surface area (Å²) in [5.41, 5.74) is 8.22. The molecule has 4 aliphatic heterocycles. The first kappa shape index (κ1) is 31.4. The summed E-state index contributed by atoms with van der Waals surface area (Å²) in [7, 11) is -2.37. The van der Waals surface area contributed by atoms with E-state index in [-0.39, 0.29) is 37.3 Å². The molecule has 4 heterocycles. The lowest BCUT2D eigenvalue weighted by Gasteiger charge is -2.48. The van der Waals surface area contributed by atoms with Crippen LogP contribution in [0.25, 0.3) is 0 Å². The van der Waals surface area contributed by atoms with Gasteiger partial charge in [-0.05, 0) is 47.9 Å². The van der Waals surface area contributed by atoms with Crippen LogP contribution >= 0.6 is 7.82 Å². The maximum absolute atomic E-state index is 13.5. The highest BCUT2D eigenvalue weighted by Gasteiger charge is 2.56. The highest BCUT2D eigenvalue weighted by Crippen LogP contribution is 2.57. The number of phosphoric acid groups is 1. The highest BCUT2D eigenvalue weighted by molar-refractivity contribution is 7.46. The van der Waals surface area contributed by atoms with E-state index >= 15 is 0 Å². The summed E-state index contributed by atoms with van der Waals surface area (Å²) in [5, 5.41) is 11.1. The smallest absolute Gasteiger partial charge is 0.493 e. The normalized spacial score (nSPS) is 34.6. The molecule has 16 nitrogen and oxygen atoms in total. The van der Waals surface area contributed by atoms with E-state index in [4.69, 9.17) is 52.9 Å². The minimum absolute atomic E-state index is 0.00647. The van der Waals surface area contributed by atoms with Crippen molar-refractivity contribution >= 4 is 13.8 Å². The van der Waals surface area contributed by atoms with E-state index in [0.29, 0.717) is 28.2 Å². The SMILES string of the molecule is COc1cc(C2c3cc4c(cc3C(OC3OC5COC(C)OC5C(O)C3N)C3COC(=O)[C@H]23)OCO4)cc(OC)c1OP(=O)(O)O. The Morgan fingerprint density at radius 3 is 2.28 bits per heavy atom. The largest absolute Gasteiger partial charge is 0.525 e. The Morgan fingerprint density at radius 1 is 0.957 bits per heavy atom. The van der Waals surface area contributed by atoms with Crippen LogP contribution in [0.1, 0.15) is 35.6 Å². The van der Waals surface area contributed by atoms with Crippen LogP contribution in [-0.4, -0.2) is 92.0 Å². The number of benzene rings is 2. The van der Waals surface area contributed by atoms with Crippen molar-refractivity contribution in [2.24, 2.45) is 17.6 Å². The van der Waals surface area contributed by atoms with E-state index in [1.165, 1.54) is 26.4 Å². The lowest BCUT2D eigenvalue weighted by atomic mass is 9.66. The van der Waals surface area contributed by atoms with E-state index < -0.39 is 74.6 Å². The molecule has 1 aliphatic carbocycles. The molecule has 0 bridgehead atoms. The van der Waals surface area contributed by atoms with Gasteiger partial charge >= 0.3 is 13.8 Å². The van der Waals surface area contributed by atoms with Crippen molar-refractivity contribution in [2.75, 3.05) is 34.2 Å². The van der Waals surface area contributed by atoms with Gasteiger partial charge in [0.1, 0.15) is 18.3 Å². The fraction of sp³-hybridized carbons (Fsp3) is 0.552. The molecule has 0 amide bonds. The number of hydrogen-bond acceptors (Lipinski definition) is 14. The van der Waals surface area contributed by atoms with Crippen molar-refractivity contribution in [3.63, 3.8) is 0 Å². The molecule has 3 saturated heterocycles. The number of esters is 1. The molecular formula is C29H34NO15P. The third-order valence-electron chi connectivity index (χ3n) is 9.02. The van der Waals surface area contributed by atoms with Crippen LogP contribution in [0, 0.1) is 11.8 Å². The monoisotopic (exact) mass is 667 g/mol. The summed E-state index contributed by atoms with van der Waals surface area (Å²) in [5.74, 6) is -1.99.